The molecule has 0 unspecified atom stereocenters. The van der Waals surface area contributed by atoms with Crippen molar-refractivity contribution in [1.82, 2.24) is 14.3 Å². The van der Waals surface area contributed by atoms with Gasteiger partial charge in [0.1, 0.15) is 0 Å². The van der Waals surface area contributed by atoms with Gasteiger partial charge in [0, 0.05) is 12.7 Å². The van der Waals surface area contributed by atoms with Gasteiger partial charge in [0.15, 0.2) is 0 Å². The molecule has 0 bridgehead atoms. The third-order valence-corrected chi connectivity index (χ3v) is 5.65. The van der Waals surface area contributed by atoms with Crippen molar-refractivity contribution in [2.75, 3.05) is 6.54 Å². The fraction of sp³-hybridized carbons (Fsp3) is 0.267. The quantitative estimate of drug-likeness (QED) is 0.887. The molecule has 0 atom stereocenters. The van der Waals surface area contributed by atoms with Crippen molar-refractivity contribution in [3.8, 4) is 0 Å². The first kappa shape index (κ1) is 15.6. The number of carbonyl (C=O) groups is 1. The van der Waals surface area contributed by atoms with Gasteiger partial charge in [-0.3, -0.25) is 4.79 Å². The van der Waals surface area contributed by atoms with E-state index in [0.29, 0.717) is 18.7 Å². The number of hydrogen-bond donors (Lipinski definition) is 1. The molecule has 0 fully saturated rings. The minimum Gasteiger partial charge on any atom is -0.363 e. The van der Waals surface area contributed by atoms with Gasteiger partial charge in [0.2, 0.25) is 15.8 Å². The van der Waals surface area contributed by atoms with Crippen LogP contribution in [0.4, 0.5) is 0 Å². The van der Waals surface area contributed by atoms with Crippen LogP contribution in [0, 0.1) is 6.92 Å². The van der Waals surface area contributed by atoms with Crippen LogP contribution in [0.25, 0.3) is 0 Å². The number of sulfonamides is 1. The molecular formula is C15H16N4O3S. The molecule has 120 valence electrons. The van der Waals surface area contributed by atoms with Gasteiger partial charge in [-0.05, 0) is 31.0 Å². The summed E-state index contributed by atoms with van der Waals surface area (Å²) in [6.07, 6.45) is 2.04. The number of carbonyl (C=O) groups excluding carboxylic acids is 1. The van der Waals surface area contributed by atoms with Gasteiger partial charge in [-0.2, -0.15) is 4.31 Å². The van der Waals surface area contributed by atoms with E-state index in [0.717, 1.165) is 11.1 Å². The maximum absolute atomic E-state index is 12.7. The standard InChI is InChI=1S/C15H16N4O3S/c1-10-2-4-12(5-3-10)23(21,22)19-7-6-11-8-17-15(14(16)20)18-13(11)9-19/h2-5,8H,6-7,9H2,1H3,(H2,16,20). The molecule has 1 amide bonds. The van der Waals surface area contributed by atoms with Crippen molar-refractivity contribution in [1.29, 1.82) is 0 Å². The molecule has 2 aromatic rings. The number of nitrogens with zero attached hydrogens (tertiary/aromatic N) is 3. The second-order valence-electron chi connectivity index (χ2n) is 5.43. The molecule has 0 aliphatic carbocycles. The summed E-state index contributed by atoms with van der Waals surface area (Å²) in [7, 11) is -3.60. The molecule has 1 aromatic heterocycles. The van der Waals surface area contributed by atoms with Crippen LogP contribution in [0.15, 0.2) is 35.4 Å². The molecule has 0 radical (unpaired) electrons. The van der Waals surface area contributed by atoms with E-state index in [1.807, 2.05) is 6.92 Å². The first-order chi connectivity index (χ1) is 10.9. The van der Waals surface area contributed by atoms with E-state index < -0.39 is 15.9 Å². The highest BCUT2D eigenvalue weighted by atomic mass is 32.2. The number of amides is 1. The van der Waals surface area contributed by atoms with E-state index in [1.54, 1.807) is 24.3 Å². The Morgan fingerprint density at radius 2 is 1.96 bits per heavy atom. The van der Waals surface area contributed by atoms with Gasteiger partial charge < -0.3 is 5.73 Å². The first-order valence-electron chi connectivity index (χ1n) is 7.09. The summed E-state index contributed by atoms with van der Waals surface area (Å²) in [4.78, 5) is 19.4. The fourth-order valence-electron chi connectivity index (χ4n) is 2.46. The average molecular weight is 332 g/mol. The summed E-state index contributed by atoms with van der Waals surface area (Å²) in [5.74, 6) is -0.829. The highest BCUT2D eigenvalue weighted by Gasteiger charge is 2.29. The largest absolute Gasteiger partial charge is 0.363 e. The molecule has 3 rings (SSSR count). The molecule has 1 aromatic carbocycles. The van der Waals surface area contributed by atoms with Crippen LogP contribution >= 0.6 is 0 Å². The number of benzene rings is 1. The van der Waals surface area contributed by atoms with Crippen LogP contribution in [0.5, 0.6) is 0 Å². The van der Waals surface area contributed by atoms with E-state index in [-0.39, 0.29) is 17.3 Å². The smallest absolute Gasteiger partial charge is 0.286 e. The van der Waals surface area contributed by atoms with Gasteiger partial charge in [-0.1, -0.05) is 17.7 Å². The summed E-state index contributed by atoms with van der Waals surface area (Å²) >= 11 is 0. The highest BCUT2D eigenvalue weighted by Crippen LogP contribution is 2.23. The number of rotatable bonds is 3. The van der Waals surface area contributed by atoms with Gasteiger partial charge in [0.05, 0.1) is 17.1 Å². The Balaban J connectivity index is 1.93. The second-order valence-corrected chi connectivity index (χ2v) is 7.37. The zero-order chi connectivity index (χ0) is 16.6. The number of hydrogen-bond acceptors (Lipinski definition) is 5. The van der Waals surface area contributed by atoms with Crippen LogP contribution < -0.4 is 5.73 Å². The fourth-order valence-corrected chi connectivity index (χ4v) is 3.86. The SMILES string of the molecule is Cc1ccc(S(=O)(=O)N2CCc3cnc(C(N)=O)nc3C2)cc1. The van der Waals surface area contributed by atoms with Crippen molar-refractivity contribution in [2.24, 2.45) is 5.73 Å². The lowest BCUT2D eigenvalue weighted by atomic mass is 10.1. The molecule has 23 heavy (non-hydrogen) atoms. The van der Waals surface area contributed by atoms with Crippen molar-refractivity contribution < 1.29 is 13.2 Å². The van der Waals surface area contributed by atoms with Crippen LogP contribution in [-0.2, 0) is 23.0 Å². The molecule has 7 nitrogen and oxygen atoms in total. The summed E-state index contributed by atoms with van der Waals surface area (Å²) in [5, 5.41) is 0. The minimum atomic E-state index is -3.60. The zero-order valence-electron chi connectivity index (χ0n) is 12.6. The molecule has 0 saturated carbocycles. The van der Waals surface area contributed by atoms with Crippen LogP contribution in [-0.4, -0.2) is 35.1 Å². The first-order valence-corrected chi connectivity index (χ1v) is 8.53. The van der Waals surface area contributed by atoms with E-state index in [4.69, 9.17) is 5.73 Å². The summed E-state index contributed by atoms with van der Waals surface area (Å²) in [5.41, 5.74) is 7.53. The average Bonchev–Trinajstić information content (AvgIpc) is 2.54. The Kier molecular flexibility index (Phi) is 3.87. The lowest BCUT2D eigenvalue weighted by Crippen LogP contribution is -2.37. The Labute approximate surface area is 134 Å². The molecule has 8 heteroatoms. The summed E-state index contributed by atoms with van der Waals surface area (Å²) in [6.45, 7) is 2.35. The number of aryl methyl sites for hydroxylation is 1. The maximum atomic E-state index is 12.7. The van der Waals surface area contributed by atoms with E-state index in [9.17, 15) is 13.2 Å². The molecule has 0 saturated heterocycles. The summed E-state index contributed by atoms with van der Waals surface area (Å²) < 4.78 is 26.8. The van der Waals surface area contributed by atoms with Crippen molar-refractivity contribution >= 4 is 15.9 Å². The van der Waals surface area contributed by atoms with Gasteiger partial charge in [0.25, 0.3) is 5.91 Å². The number of aromatic nitrogens is 2. The molecular weight excluding hydrogens is 316 g/mol. The molecule has 2 heterocycles. The number of nitrogens with two attached hydrogens (primary N) is 1. The van der Waals surface area contributed by atoms with E-state index in [2.05, 4.69) is 9.97 Å². The Morgan fingerprint density at radius 3 is 2.61 bits per heavy atom. The number of fused-ring (bicyclic) bond motifs is 1. The van der Waals surface area contributed by atoms with Crippen molar-refractivity contribution in [3.05, 3.63) is 53.1 Å². The molecule has 0 spiro atoms. The monoisotopic (exact) mass is 332 g/mol. The Hall–Kier alpha value is -2.32. The normalized spacial score (nSPS) is 15.2. The van der Waals surface area contributed by atoms with Gasteiger partial charge in [-0.25, -0.2) is 18.4 Å². The van der Waals surface area contributed by atoms with Crippen molar-refractivity contribution in [3.63, 3.8) is 0 Å². The summed E-state index contributed by atoms with van der Waals surface area (Å²) in [6, 6.07) is 6.71. The minimum absolute atomic E-state index is 0.0988. The van der Waals surface area contributed by atoms with Crippen LogP contribution in [0.3, 0.4) is 0 Å². The Morgan fingerprint density at radius 1 is 1.26 bits per heavy atom. The second kappa shape index (κ2) is 5.71. The van der Waals surface area contributed by atoms with Crippen molar-refractivity contribution in [2.45, 2.75) is 24.8 Å². The van der Waals surface area contributed by atoms with E-state index >= 15 is 0 Å². The molecule has 1 aliphatic heterocycles. The predicted molar refractivity (Wildman–Crippen MR) is 83.0 cm³/mol. The predicted octanol–water partition coefficient (Wildman–Crippen LogP) is 0.631. The van der Waals surface area contributed by atoms with Gasteiger partial charge in [-0.15, -0.1) is 0 Å². The third-order valence-electron chi connectivity index (χ3n) is 3.79. The zero-order valence-corrected chi connectivity index (χ0v) is 13.4. The topological polar surface area (TPSA) is 106 Å². The maximum Gasteiger partial charge on any atom is 0.286 e. The lowest BCUT2D eigenvalue weighted by Gasteiger charge is -2.27. The Bertz CT molecular complexity index is 863. The van der Waals surface area contributed by atoms with Crippen LogP contribution in [0.2, 0.25) is 0 Å². The highest BCUT2D eigenvalue weighted by molar-refractivity contribution is 7.89. The molecule has 1 aliphatic rings. The lowest BCUT2D eigenvalue weighted by molar-refractivity contribution is 0.0990. The van der Waals surface area contributed by atoms with E-state index in [1.165, 1.54) is 10.5 Å². The van der Waals surface area contributed by atoms with Crippen LogP contribution in [0.1, 0.15) is 27.4 Å². The molecule has 2 N–H and O–H groups in total. The third kappa shape index (κ3) is 2.95. The number of primary amides is 1. The van der Waals surface area contributed by atoms with Gasteiger partial charge >= 0.3 is 0 Å².